The molecule has 0 aliphatic carbocycles. The van der Waals surface area contributed by atoms with Gasteiger partial charge in [-0.3, -0.25) is 8.37 Å². The second-order valence-corrected chi connectivity index (χ2v) is 6.85. The van der Waals surface area contributed by atoms with E-state index in [1.165, 1.54) is 0 Å². The van der Waals surface area contributed by atoms with Crippen molar-refractivity contribution in [3.63, 3.8) is 0 Å². The van der Waals surface area contributed by atoms with Crippen molar-refractivity contribution < 1.29 is 31.5 Å². The molecule has 3 aliphatic heterocycles. The lowest BCUT2D eigenvalue weighted by Crippen LogP contribution is -2.45. The van der Waals surface area contributed by atoms with Gasteiger partial charge in [-0.05, 0) is 27.7 Å². The van der Waals surface area contributed by atoms with Crippen molar-refractivity contribution >= 4 is 11.4 Å². The molecule has 3 saturated heterocycles. The topological polar surface area (TPSA) is 72.5 Å². The highest BCUT2D eigenvalue weighted by Gasteiger charge is 2.52. The SMILES string of the molecule is CC1(C)OCC(C2OS(=O)OC2C2COC(C)(C)O2)O1. The van der Waals surface area contributed by atoms with Gasteiger partial charge in [0.2, 0.25) is 0 Å². The van der Waals surface area contributed by atoms with Gasteiger partial charge in [0.15, 0.2) is 11.6 Å². The summed E-state index contributed by atoms with van der Waals surface area (Å²) in [7, 11) is 0. The molecule has 0 spiro atoms. The minimum atomic E-state index is -1.80. The molecule has 3 rings (SSSR count). The van der Waals surface area contributed by atoms with Crippen LogP contribution in [0.15, 0.2) is 0 Å². The Labute approximate surface area is 120 Å². The van der Waals surface area contributed by atoms with Gasteiger partial charge >= 0.3 is 11.4 Å². The van der Waals surface area contributed by atoms with Crippen LogP contribution in [0.3, 0.4) is 0 Å². The number of rotatable bonds is 2. The Morgan fingerprint density at radius 3 is 1.55 bits per heavy atom. The normalized spacial score (nSPS) is 46.9. The molecule has 4 unspecified atom stereocenters. The lowest BCUT2D eigenvalue weighted by Gasteiger charge is -2.25. The molecular formula is C12H20O7S. The van der Waals surface area contributed by atoms with Crippen molar-refractivity contribution in [2.75, 3.05) is 13.2 Å². The molecule has 0 bridgehead atoms. The fraction of sp³-hybridized carbons (Fsp3) is 1.00. The van der Waals surface area contributed by atoms with Crippen LogP contribution in [-0.2, 0) is 38.7 Å². The van der Waals surface area contributed by atoms with Gasteiger partial charge in [-0.25, -0.2) is 0 Å². The van der Waals surface area contributed by atoms with E-state index in [0.717, 1.165) is 0 Å². The molecule has 3 fully saturated rings. The van der Waals surface area contributed by atoms with E-state index in [2.05, 4.69) is 0 Å². The first-order chi connectivity index (χ1) is 9.26. The highest BCUT2D eigenvalue weighted by atomic mass is 32.2. The Kier molecular flexibility index (Phi) is 3.69. The average molecular weight is 308 g/mol. The maximum Gasteiger partial charge on any atom is 0.305 e. The molecule has 116 valence electrons. The maximum absolute atomic E-state index is 11.6. The zero-order valence-corrected chi connectivity index (χ0v) is 12.8. The molecule has 0 N–H and O–H groups in total. The summed E-state index contributed by atoms with van der Waals surface area (Å²) in [6, 6.07) is 0. The molecule has 0 amide bonds. The van der Waals surface area contributed by atoms with Gasteiger partial charge in [-0.2, -0.15) is 4.21 Å². The molecule has 0 aromatic heterocycles. The summed E-state index contributed by atoms with van der Waals surface area (Å²) in [5.41, 5.74) is 0. The third-order valence-electron chi connectivity index (χ3n) is 3.50. The zero-order valence-electron chi connectivity index (χ0n) is 12.0. The van der Waals surface area contributed by atoms with Crippen LogP contribution in [0, 0.1) is 0 Å². The minimum absolute atomic E-state index is 0.339. The van der Waals surface area contributed by atoms with E-state index in [0.29, 0.717) is 13.2 Å². The third kappa shape index (κ3) is 2.92. The Balaban J connectivity index is 1.71. The monoisotopic (exact) mass is 308 g/mol. The molecule has 4 atom stereocenters. The molecule has 0 radical (unpaired) electrons. The van der Waals surface area contributed by atoms with Crippen LogP contribution in [0.25, 0.3) is 0 Å². The first-order valence-electron chi connectivity index (χ1n) is 6.65. The van der Waals surface area contributed by atoms with E-state index in [4.69, 9.17) is 27.3 Å². The van der Waals surface area contributed by atoms with Gasteiger partial charge in [-0.15, -0.1) is 0 Å². The molecule has 8 heteroatoms. The zero-order chi connectivity index (χ0) is 14.5. The molecule has 3 aliphatic rings. The molecule has 3 heterocycles. The van der Waals surface area contributed by atoms with E-state index in [1.54, 1.807) is 0 Å². The van der Waals surface area contributed by atoms with Crippen LogP contribution in [0.4, 0.5) is 0 Å². The van der Waals surface area contributed by atoms with Crippen molar-refractivity contribution in [1.82, 2.24) is 0 Å². The molecule has 0 saturated carbocycles. The first-order valence-corrected chi connectivity index (χ1v) is 7.65. The van der Waals surface area contributed by atoms with Gasteiger partial charge in [-0.1, -0.05) is 0 Å². The number of ether oxygens (including phenoxy) is 4. The Morgan fingerprint density at radius 2 is 1.25 bits per heavy atom. The van der Waals surface area contributed by atoms with E-state index in [-0.39, 0.29) is 12.2 Å². The highest BCUT2D eigenvalue weighted by Crippen LogP contribution is 2.36. The van der Waals surface area contributed by atoms with Crippen molar-refractivity contribution in [1.29, 1.82) is 0 Å². The van der Waals surface area contributed by atoms with Crippen molar-refractivity contribution in [3.05, 3.63) is 0 Å². The Morgan fingerprint density at radius 1 is 0.850 bits per heavy atom. The second-order valence-electron chi connectivity index (χ2n) is 6.06. The summed E-state index contributed by atoms with van der Waals surface area (Å²) < 4.78 is 44.8. The van der Waals surface area contributed by atoms with Gasteiger partial charge in [0, 0.05) is 0 Å². The van der Waals surface area contributed by atoms with Crippen molar-refractivity contribution in [2.45, 2.75) is 63.7 Å². The molecule has 0 aromatic carbocycles. The van der Waals surface area contributed by atoms with E-state index in [9.17, 15) is 4.21 Å². The predicted octanol–water partition coefficient (Wildman–Crippen LogP) is 0.652. The fourth-order valence-corrected chi connectivity index (χ4v) is 3.49. The number of hydrogen-bond acceptors (Lipinski definition) is 7. The first kappa shape index (κ1) is 14.8. The summed E-state index contributed by atoms with van der Waals surface area (Å²) >= 11 is -1.80. The summed E-state index contributed by atoms with van der Waals surface area (Å²) in [5, 5.41) is 0. The smallest absolute Gasteiger partial charge is 0.305 e. The van der Waals surface area contributed by atoms with Crippen LogP contribution >= 0.6 is 0 Å². The Hall–Kier alpha value is -0.0900. The van der Waals surface area contributed by atoms with E-state index in [1.807, 2.05) is 27.7 Å². The van der Waals surface area contributed by atoms with Crippen LogP contribution in [-0.4, -0.2) is 53.4 Å². The quantitative estimate of drug-likeness (QED) is 0.741. The maximum atomic E-state index is 11.6. The van der Waals surface area contributed by atoms with Crippen LogP contribution in [0.1, 0.15) is 27.7 Å². The second kappa shape index (κ2) is 4.98. The van der Waals surface area contributed by atoms with Crippen LogP contribution in [0.5, 0.6) is 0 Å². The lowest BCUT2D eigenvalue weighted by molar-refractivity contribution is -0.165. The van der Waals surface area contributed by atoms with Gasteiger partial charge in [0.1, 0.15) is 24.4 Å². The standard InChI is InChI=1S/C12H20O7S/c1-11(2)14-5-7(16-11)9-10(19-20(13)18-9)8-6-15-12(3,4)17-8/h7-10H,5-6H2,1-4H3. The van der Waals surface area contributed by atoms with Gasteiger partial charge in [0.25, 0.3) is 0 Å². The third-order valence-corrected chi connectivity index (χ3v) is 4.26. The average Bonchev–Trinajstić information content (AvgIpc) is 2.96. The summed E-state index contributed by atoms with van der Waals surface area (Å²) in [5.74, 6) is -1.34. The fourth-order valence-electron chi connectivity index (χ4n) is 2.62. The number of hydrogen-bond donors (Lipinski definition) is 0. The van der Waals surface area contributed by atoms with Crippen molar-refractivity contribution in [3.8, 4) is 0 Å². The Bertz CT molecular complexity index is 375. The molecule has 0 aromatic rings. The van der Waals surface area contributed by atoms with E-state index < -0.39 is 35.1 Å². The largest absolute Gasteiger partial charge is 0.348 e. The van der Waals surface area contributed by atoms with Crippen molar-refractivity contribution in [2.24, 2.45) is 0 Å². The van der Waals surface area contributed by atoms with Gasteiger partial charge < -0.3 is 18.9 Å². The van der Waals surface area contributed by atoms with E-state index >= 15 is 0 Å². The van der Waals surface area contributed by atoms with Gasteiger partial charge in [0.05, 0.1) is 13.2 Å². The molecule has 7 nitrogen and oxygen atoms in total. The molecule has 20 heavy (non-hydrogen) atoms. The summed E-state index contributed by atoms with van der Waals surface area (Å²) in [6.45, 7) is 8.04. The molecular weight excluding hydrogens is 288 g/mol. The minimum Gasteiger partial charge on any atom is -0.348 e. The highest BCUT2D eigenvalue weighted by molar-refractivity contribution is 7.75. The van der Waals surface area contributed by atoms with Crippen LogP contribution < -0.4 is 0 Å². The van der Waals surface area contributed by atoms with Crippen LogP contribution in [0.2, 0.25) is 0 Å². The summed E-state index contributed by atoms with van der Waals surface area (Å²) in [4.78, 5) is 0. The predicted molar refractivity (Wildman–Crippen MR) is 67.7 cm³/mol. The summed E-state index contributed by atoms with van der Waals surface area (Å²) in [6.07, 6.45) is -1.68. The lowest BCUT2D eigenvalue weighted by atomic mass is 10.0.